The third-order valence-corrected chi connectivity index (χ3v) is 7.39. The Labute approximate surface area is 220 Å². The van der Waals surface area contributed by atoms with Crippen LogP contribution in [0, 0.1) is 11.8 Å². The predicted octanol–water partition coefficient (Wildman–Crippen LogP) is 3.44. The largest absolute Gasteiger partial charge is 0.445 e. The Morgan fingerprint density at radius 1 is 0.865 bits per heavy atom. The number of piperazine rings is 1. The summed E-state index contributed by atoms with van der Waals surface area (Å²) in [5.74, 6) is 0.987. The number of likely N-dealkylation sites (tertiary alicyclic amines) is 2. The quantitative estimate of drug-likeness (QED) is 0.579. The maximum absolute atomic E-state index is 12.7. The molecule has 0 aliphatic carbocycles. The van der Waals surface area contributed by atoms with Crippen LogP contribution in [0.1, 0.15) is 45.6 Å². The highest BCUT2D eigenvalue weighted by Gasteiger charge is 2.35. The maximum atomic E-state index is 12.7. The second-order valence-corrected chi connectivity index (χ2v) is 11.6. The van der Waals surface area contributed by atoms with Crippen LogP contribution in [0.25, 0.3) is 0 Å². The summed E-state index contributed by atoms with van der Waals surface area (Å²) in [5, 5.41) is 0. The van der Waals surface area contributed by atoms with Crippen LogP contribution in [-0.2, 0) is 20.9 Å². The molecule has 37 heavy (non-hydrogen) atoms. The zero-order valence-corrected chi connectivity index (χ0v) is 22.6. The van der Waals surface area contributed by atoms with Crippen molar-refractivity contribution < 1.29 is 23.9 Å². The number of amides is 3. The summed E-state index contributed by atoms with van der Waals surface area (Å²) in [7, 11) is 0. The monoisotopic (exact) mass is 514 g/mol. The molecule has 9 heteroatoms. The Morgan fingerprint density at radius 2 is 1.51 bits per heavy atom. The number of carbonyl (C=O) groups excluding carboxylic acids is 3. The van der Waals surface area contributed by atoms with Gasteiger partial charge in [0.1, 0.15) is 12.2 Å². The summed E-state index contributed by atoms with van der Waals surface area (Å²) in [4.78, 5) is 45.4. The molecule has 0 saturated carbocycles. The lowest BCUT2D eigenvalue weighted by Gasteiger charge is -2.36. The molecule has 1 aromatic rings. The third-order valence-electron chi connectivity index (χ3n) is 7.39. The smallest absolute Gasteiger partial charge is 0.410 e. The standard InChI is InChI=1S/C28H42N4O5/c1-28(2,3)37-27(35)30-11-9-22(10-12-30)19-32-20-24(17-25(32)33)18-29-13-15-31(16-14-29)26(34)36-21-23-7-5-4-6-8-23/h4-8,22,24H,9-21H2,1-3H3/t24-/m1/s1. The molecule has 0 bridgehead atoms. The average molecular weight is 515 g/mol. The van der Waals surface area contributed by atoms with Crippen LogP contribution in [0.4, 0.5) is 9.59 Å². The predicted molar refractivity (Wildman–Crippen MR) is 140 cm³/mol. The van der Waals surface area contributed by atoms with E-state index in [0.717, 1.165) is 51.1 Å². The van der Waals surface area contributed by atoms with Crippen LogP contribution in [-0.4, -0.2) is 102 Å². The zero-order valence-electron chi connectivity index (χ0n) is 22.6. The van der Waals surface area contributed by atoms with Gasteiger partial charge in [-0.3, -0.25) is 9.69 Å². The van der Waals surface area contributed by atoms with Gasteiger partial charge < -0.3 is 24.2 Å². The molecule has 0 aromatic heterocycles. The minimum atomic E-state index is -0.483. The van der Waals surface area contributed by atoms with Gasteiger partial charge in [0, 0.05) is 65.3 Å². The van der Waals surface area contributed by atoms with E-state index in [-0.39, 0.29) is 18.1 Å². The highest BCUT2D eigenvalue weighted by atomic mass is 16.6. The summed E-state index contributed by atoms with van der Waals surface area (Å²) in [6.07, 6.45) is 1.89. The van der Waals surface area contributed by atoms with E-state index in [4.69, 9.17) is 9.47 Å². The molecule has 204 valence electrons. The lowest BCUT2D eigenvalue weighted by atomic mass is 9.96. The number of piperidine rings is 1. The maximum Gasteiger partial charge on any atom is 0.410 e. The van der Waals surface area contributed by atoms with Gasteiger partial charge in [0.15, 0.2) is 0 Å². The summed E-state index contributed by atoms with van der Waals surface area (Å²) >= 11 is 0. The fourth-order valence-corrected chi connectivity index (χ4v) is 5.38. The lowest BCUT2D eigenvalue weighted by Crippen LogP contribution is -2.50. The second kappa shape index (κ2) is 12.2. The van der Waals surface area contributed by atoms with Crippen LogP contribution >= 0.6 is 0 Å². The molecule has 3 aliphatic rings. The van der Waals surface area contributed by atoms with E-state index in [1.165, 1.54) is 0 Å². The SMILES string of the molecule is CC(C)(C)OC(=O)N1CCC(CN2C[C@@H](CN3CCN(C(=O)OCc4ccccc4)CC3)CC2=O)CC1. The Kier molecular flexibility index (Phi) is 8.95. The Morgan fingerprint density at radius 3 is 2.16 bits per heavy atom. The van der Waals surface area contributed by atoms with Gasteiger partial charge in [-0.2, -0.15) is 0 Å². The summed E-state index contributed by atoms with van der Waals surface area (Å²) in [6, 6.07) is 9.71. The average Bonchev–Trinajstić information content (AvgIpc) is 3.21. The Hall–Kier alpha value is -2.81. The number of hydrogen-bond donors (Lipinski definition) is 0. The van der Waals surface area contributed by atoms with Gasteiger partial charge in [-0.15, -0.1) is 0 Å². The van der Waals surface area contributed by atoms with Crippen molar-refractivity contribution >= 4 is 18.1 Å². The number of benzene rings is 1. The van der Waals surface area contributed by atoms with Crippen molar-refractivity contribution in [1.29, 1.82) is 0 Å². The van der Waals surface area contributed by atoms with E-state index in [0.29, 0.717) is 51.0 Å². The molecule has 9 nitrogen and oxygen atoms in total. The van der Waals surface area contributed by atoms with Gasteiger partial charge in [-0.1, -0.05) is 30.3 Å². The molecule has 3 saturated heterocycles. The van der Waals surface area contributed by atoms with Gasteiger partial charge in [0.2, 0.25) is 5.91 Å². The zero-order chi connectivity index (χ0) is 26.4. The van der Waals surface area contributed by atoms with Gasteiger partial charge in [-0.05, 0) is 51.0 Å². The lowest BCUT2D eigenvalue weighted by molar-refractivity contribution is -0.128. The van der Waals surface area contributed by atoms with Crippen LogP contribution in [0.5, 0.6) is 0 Å². The fourth-order valence-electron chi connectivity index (χ4n) is 5.38. The molecule has 4 rings (SSSR count). The summed E-state index contributed by atoms with van der Waals surface area (Å²) < 4.78 is 11.0. The van der Waals surface area contributed by atoms with E-state index in [1.807, 2.05) is 56.0 Å². The summed E-state index contributed by atoms with van der Waals surface area (Å²) in [5.41, 5.74) is 0.502. The van der Waals surface area contributed by atoms with E-state index >= 15 is 0 Å². The molecule has 3 aliphatic heterocycles. The Balaban J connectivity index is 1.13. The Bertz CT molecular complexity index is 918. The first-order chi connectivity index (χ1) is 17.7. The molecule has 3 fully saturated rings. The van der Waals surface area contributed by atoms with Crippen LogP contribution in [0.3, 0.4) is 0 Å². The number of hydrogen-bond acceptors (Lipinski definition) is 6. The fraction of sp³-hybridized carbons (Fsp3) is 0.679. The first-order valence-corrected chi connectivity index (χ1v) is 13.6. The molecular weight excluding hydrogens is 472 g/mol. The van der Waals surface area contributed by atoms with Gasteiger partial charge >= 0.3 is 12.2 Å². The van der Waals surface area contributed by atoms with Crippen molar-refractivity contribution in [2.45, 2.75) is 52.2 Å². The van der Waals surface area contributed by atoms with Gasteiger partial charge in [-0.25, -0.2) is 9.59 Å². The first-order valence-electron chi connectivity index (χ1n) is 13.6. The van der Waals surface area contributed by atoms with Crippen LogP contribution in [0.2, 0.25) is 0 Å². The third kappa shape index (κ3) is 8.09. The number of nitrogens with zero attached hydrogens (tertiary/aromatic N) is 4. The highest BCUT2D eigenvalue weighted by Crippen LogP contribution is 2.25. The van der Waals surface area contributed by atoms with E-state index in [9.17, 15) is 14.4 Å². The minimum absolute atomic E-state index is 0.239. The molecule has 1 aromatic carbocycles. The minimum Gasteiger partial charge on any atom is -0.445 e. The van der Waals surface area contributed by atoms with Crippen molar-refractivity contribution in [2.75, 3.05) is 58.9 Å². The molecule has 0 unspecified atom stereocenters. The molecule has 1 atom stereocenters. The molecular formula is C28H42N4O5. The van der Waals surface area contributed by atoms with Crippen molar-refractivity contribution in [2.24, 2.45) is 11.8 Å². The highest BCUT2D eigenvalue weighted by molar-refractivity contribution is 5.78. The van der Waals surface area contributed by atoms with Gasteiger partial charge in [0.25, 0.3) is 0 Å². The van der Waals surface area contributed by atoms with E-state index < -0.39 is 5.60 Å². The normalized spacial score (nSPS) is 21.9. The summed E-state index contributed by atoms with van der Waals surface area (Å²) in [6.45, 7) is 12.7. The number of carbonyl (C=O) groups is 3. The van der Waals surface area contributed by atoms with E-state index in [2.05, 4.69) is 4.90 Å². The van der Waals surface area contributed by atoms with Crippen molar-refractivity contribution in [3.05, 3.63) is 35.9 Å². The molecule has 0 N–H and O–H groups in total. The van der Waals surface area contributed by atoms with Crippen LogP contribution < -0.4 is 0 Å². The molecule has 0 radical (unpaired) electrons. The van der Waals surface area contributed by atoms with Gasteiger partial charge in [0.05, 0.1) is 0 Å². The van der Waals surface area contributed by atoms with Crippen molar-refractivity contribution in [3.63, 3.8) is 0 Å². The molecule has 3 heterocycles. The molecule has 3 amide bonds. The topological polar surface area (TPSA) is 82.6 Å². The number of ether oxygens (including phenoxy) is 2. The van der Waals surface area contributed by atoms with Crippen LogP contribution in [0.15, 0.2) is 30.3 Å². The first kappa shape index (κ1) is 27.2. The molecule has 0 spiro atoms. The van der Waals surface area contributed by atoms with Crippen molar-refractivity contribution in [1.82, 2.24) is 19.6 Å². The van der Waals surface area contributed by atoms with Crippen molar-refractivity contribution in [3.8, 4) is 0 Å². The number of rotatable bonds is 6. The van der Waals surface area contributed by atoms with E-state index in [1.54, 1.807) is 9.80 Å². The second-order valence-electron chi connectivity index (χ2n) is 11.6.